The number of hydrogen-bond donors (Lipinski definition) is 1. The minimum Gasteiger partial charge on any atom is -0.481 e. The molecule has 0 saturated heterocycles. The number of fused-ring (bicyclic) bond motifs is 1. The Kier molecular flexibility index (Phi) is 1.69. The van der Waals surface area contributed by atoms with E-state index in [1.54, 1.807) is 0 Å². The van der Waals surface area contributed by atoms with E-state index in [-0.39, 0.29) is 0 Å². The minimum atomic E-state index is -0.710. The highest BCUT2D eigenvalue weighted by atomic mass is 16.4. The molecule has 1 aromatic heterocycles. The van der Waals surface area contributed by atoms with Crippen molar-refractivity contribution in [2.75, 3.05) is 0 Å². The number of aliphatic carboxylic acids is 1. The van der Waals surface area contributed by atoms with Crippen molar-refractivity contribution in [2.45, 2.75) is 44.1 Å². The first-order chi connectivity index (χ1) is 7.22. The Balaban J connectivity index is 1.99. The third-order valence-electron chi connectivity index (χ3n) is 3.56. The summed E-state index contributed by atoms with van der Waals surface area (Å²) in [5.74, 6) is 0.363. The lowest BCUT2D eigenvalue weighted by Gasteiger charge is -2.11. The molecule has 0 unspecified atom stereocenters. The average molecular weight is 206 g/mol. The van der Waals surface area contributed by atoms with Gasteiger partial charge < -0.3 is 9.67 Å². The predicted molar refractivity (Wildman–Crippen MR) is 53.7 cm³/mol. The molecule has 1 fully saturated rings. The second-order valence-corrected chi connectivity index (χ2v) is 4.58. The van der Waals surface area contributed by atoms with Crippen LogP contribution in [0, 0.1) is 0 Å². The topological polar surface area (TPSA) is 55.1 Å². The van der Waals surface area contributed by atoms with Crippen LogP contribution in [0.5, 0.6) is 0 Å². The fourth-order valence-corrected chi connectivity index (χ4v) is 2.35. The number of hydrogen-bond acceptors (Lipinski definition) is 2. The first-order valence-corrected chi connectivity index (χ1v) is 5.52. The van der Waals surface area contributed by atoms with E-state index in [0.29, 0.717) is 0 Å². The number of imidazole rings is 1. The lowest BCUT2D eigenvalue weighted by atomic mass is 10.0. The molecule has 0 bridgehead atoms. The van der Waals surface area contributed by atoms with E-state index in [1.807, 2.05) is 6.20 Å². The van der Waals surface area contributed by atoms with Gasteiger partial charge >= 0.3 is 5.97 Å². The summed E-state index contributed by atoms with van der Waals surface area (Å²) in [5, 5.41) is 9.17. The summed E-state index contributed by atoms with van der Waals surface area (Å²) in [5.41, 5.74) is 0.150. The highest BCUT2D eigenvalue weighted by molar-refractivity contribution is 5.84. The van der Waals surface area contributed by atoms with E-state index in [4.69, 9.17) is 5.11 Å². The second kappa shape index (κ2) is 2.84. The van der Waals surface area contributed by atoms with Crippen LogP contribution < -0.4 is 0 Å². The van der Waals surface area contributed by atoms with Crippen molar-refractivity contribution in [3.63, 3.8) is 0 Å². The Hall–Kier alpha value is -1.32. The summed E-state index contributed by atoms with van der Waals surface area (Å²) in [6.07, 6.45) is 6.81. The van der Waals surface area contributed by atoms with Gasteiger partial charge in [-0.3, -0.25) is 4.79 Å². The molecule has 2 aliphatic rings. The van der Waals surface area contributed by atoms with Gasteiger partial charge in [0.1, 0.15) is 11.2 Å². The van der Waals surface area contributed by atoms with E-state index in [1.165, 1.54) is 12.8 Å². The zero-order valence-electron chi connectivity index (χ0n) is 8.57. The summed E-state index contributed by atoms with van der Waals surface area (Å²) in [6, 6.07) is 0. The molecule has 4 nitrogen and oxygen atoms in total. The Morgan fingerprint density at radius 2 is 2.27 bits per heavy atom. The zero-order chi connectivity index (χ0) is 10.5. The van der Waals surface area contributed by atoms with Gasteiger partial charge in [0.05, 0.1) is 5.69 Å². The lowest BCUT2D eigenvalue weighted by molar-refractivity contribution is -0.140. The Bertz CT molecular complexity index is 395. The van der Waals surface area contributed by atoms with Crippen LogP contribution in [0.3, 0.4) is 0 Å². The van der Waals surface area contributed by atoms with Crippen LogP contribution in [0.2, 0.25) is 0 Å². The van der Waals surface area contributed by atoms with E-state index >= 15 is 0 Å². The molecule has 1 N–H and O–H groups in total. The molecule has 1 saturated carbocycles. The normalized spacial score (nSPS) is 22.1. The van der Waals surface area contributed by atoms with Gasteiger partial charge in [-0.1, -0.05) is 0 Å². The maximum Gasteiger partial charge on any atom is 0.315 e. The smallest absolute Gasteiger partial charge is 0.315 e. The maximum atomic E-state index is 11.1. The molecular weight excluding hydrogens is 192 g/mol. The van der Waals surface area contributed by atoms with Gasteiger partial charge in [-0.15, -0.1) is 0 Å². The van der Waals surface area contributed by atoms with Gasteiger partial charge in [-0.05, 0) is 25.7 Å². The van der Waals surface area contributed by atoms with Crippen LogP contribution >= 0.6 is 0 Å². The van der Waals surface area contributed by atoms with Crippen molar-refractivity contribution < 1.29 is 9.90 Å². The highest BCUT2D eigenvalue weighted by Crippen LogP contribution is 2.48. The number of rotatable bonds is 2. The molecule has 0 radical (unpaired) electrons. The fourth-order valence-electron chi connectivity index (χ4n) is 2.35. The molecule has 0 aromatic carbocycles. The van der Waals surface area contributed by atoms with E-state index in [2.05, 4.69) is 9.55 Å². The molecule has 1 aliphatic heterocycles. The van der Waals surface area contributed by atoms with E-state index < -0.39 is 11.4 Å². The lowest BCUT2D eigenvalue weighted by Crippen LogP contribution is -2.19. The molecule has 0 spiro atoms. The Labute approximate surface area is 87.9 Å². The van der Waals surface area contributed by atoms with Crippen molar-refractivity contribution >= 4 is 5.97 Å². The number of carboxylic acids is 1. The third-order valence-corrected chi connectivity index (χ3v) is 3.56. The summed E-state index contributed by atoms with van der Waals surface area (Å²) in [7, 11) is 0. The van der Waals surface area contributed by atoms with Gasteiger partial charge in [0.15, 0.2) is 0 Å². The molecular formula is C11H14N2O2. The molecule has 4 heteroatoms. The highest BCUT2D eigenvalue weighted by Gasteiger charge is 2.53. The summed E-state index contributed by atoms with van der Waals surface area (Å²) in [6.45, 7) is 0.998. The largest absolute Gasteiger partial charge is 0.481 e. The molecule has 1 aromatic rings. The first-order valence-electron chi connectivity index (χ1n) is 5.52. The number of carbonyl (C=O) groups is 1. The van der Waals surface area contributed by atoms with Crippen molar-refractivity contribution in [2.24, 2.45) is 0 Å². The van der Waals surface area contributed by atoms with Crippen molar-refractivity contribution in [1.29, 1.82) is 0 Å². The van der Waals surface area contributed by atoms with Gasteiger partial charge in [-0.25, -0.2) is 4.98 Å². The summed E-state index contributed by atoms with van der Waals surface area (Å²) >= 11 is 0. The van der Waals surface area contributed by atoms with Crippen molar-refractivity contribution in [3.05, 3.63) is 17.7 Å². The predicted octanol–water partition coefficient (Wildman–Crippen LogP) is 1.34. The maximum absolute atomic E-state index is 11.1. The van der Waals surface area contributed by atoms with Crippen LogP contribution in [-0.4, -0.2) is 20.6 Å². The molecule has 15 heavy (non-hydrogen) atoms. The third kappa shape index (κ3) is 1.20. The van der Waals surface area contributed by atoms with Gasteiger partial charge in [0.2, 0.25) is 0 Å². The van der Waals surface area contributed by atoms with Crippen LogP contribution in [0.15, 0.2) is 6.20 Å². The molecule has 1 aliphatic carbocycles. The summed E-state index contributed by atoms with van der Waals surface area (Å²) in [4.78, 5) is 15.6. The average Bonchev–Trinajstić information content (AvgIpc) is 2.93. The number of aromatic nitrogens is 2. The van der Waals surface area contributed by atoms with Crippen LogP contribution in [0.1, 0.15) is 37.2 Å². The first kappa shape index (κ1) is 8.95. The molecule has 80 valence electrons. The summed E-state index contributed by atoms with van der Waals surface area (Å²) < 4.78 is 2.13. The van der Waals surface area contributed by atoms with Crippen LogP contribution in [-0.2, 0) is 23.2 Å². The van der Waals surface area contributed by atoms with Gasteiger partial charge in [-0.2, -0.15) is 0 Å². The van der Waals surface area contributed by atoms with Crippen LogP contribution in [0.25, 0.3) is 0 Å². The number of nitrogens with zero attached hydrogens (tertiary/aromatic N) is 2. The van der Waals surface area contributed by atoms with Gasteiger partial charge in [0, 0.05) is 19.2 Å². The van der Waals surface area contributed by atoms with Crippen LogP contribution in [0.4, 0.5) is 0 Å². The van der Waals surface area contributed by atoms with Crippen molar-refractivity contribution in [1.82, 2.24) is 9.55 Å². The van der Waals surface area contributed by atoms with E-state index in [0.717, 1.165) is 37.3 Å². The molecule has 0 amide bonds. The van der Waals surface area contributed by atoms with Crippen molar-refractivity contribution in [3.8, 4) is 0 Å². The zero-order valence-corrected chi connectivity index (χ0v) is 8.57. The number of carboxylic acid groups (broad SMARTS) is 1. The molecule has 3 rings (SSSR count). The standard InChI is InChI=1S/C11H14N2O2/c14-10(15)11(4-5-11)8-7-13-6-2-1-3-9(13)12-8/h7H,1-6H2,(H,14,15). The minimum absolute atomic E-state index is 0.635. The van der Waals surface area contributed by atoms with E-state index in [9.17, 15) is 4.79 Å². The SMILES string of the molecule is O=C(O)C1(c2cn3c(n2)CCCC3)CC1. The second-order valence-electron chi connectivity index (χ2n) is 4.58. The number of aryl methyl sites for hydroxylation is 2. The Morgan fingerprint density at radius 1 is 1.47 bits per heavy atom. The monoisotopic (exact) mass is 206 g/mol. The Morgan fingerprint density at radius 3 is 2.87 bits per heavy atom. The fraction of sp³-hybridized carbons (Fsp3) is 0.636. The quantitative estimate of drug-likeness (QED) is 0.794. The molecule has 2 heterocycles. The molecule has 0 atom stereocenters. The van der Waals surface area contributed by atoms with Gasteiger partial charge in [0.25, 0.3) is 0 Å².